The SMILES string of the molecule is CCNCc1cccn1Cc1ccccc1[N+](=O)[O-]. The Bertz CT molecular complexity index is 563. The molecule has 0 aliphatic rings. The Hall–Kier alpha value is -2.14. The first-order chi connectivity index (χ1) is 9.22. The molecule has 0 unspecified atom stereocenters. The molecule has 0 fully saturated rings. The summed E-state index contributed by atoms with van der Waals surface area (Å²) in [6.07, 6.45) is 1.95. The average Bonchev–Trinajstić information content (AvgIpc) is 2.84. The molecule has 1 heterocycles. The van der Waals surface area contributed by atoms with Crippen LogP contribution in [-0.2, 0) is 13.1 Å². The Morgan fingerprint density at radius 1 is 1.26 bits per heavy atom. The lowest BCUT2D eigenvalue weighted by atomic mass is 10.2. The summed E-state index contributed by atoms with van der Waals surface area (Å²) in [6, 6.07) is 10.9. The standard InChI is InChI=1S/C14H17N3O2/c1-2-15-10-13-7-5-9-16(13)11-12-6-3-4-8-14(12)17(18)19/h3-9,15H,2,10-11H2,1H3. The van der Waals surface area contributed by atoms with Crippen molar-refractivity contribution >= 4 is 5.69 Å². The fourth-order valence-electron chi connectivity index (χ4n) is 2.02. The lowest BCUT2D eigenvalue weighted by molar-refractivity contribution is -0.385. The number of benzene rings is 1. The summed E-state index contributed by atoms with van der Waals surface area (Å²) in [5.41, 5.74) is 2.02. The van der Waals surface area contributed by atoms with E-state index >= 15 is 0 Å². The molecule has 0 aliphatic carbocycles. The summed E-state index contributed by atoms with van der Waals surface area (Å²) in [4.78, 5) is 10.7. The van der Waals surface area contributed by atoms with Crippen LogP contribution in [0, 0.1) is 10.1 Å². The highest BCUT2D eigenvalue weighted by molar-refractivity contribution is 5.40. The Kier molecular flexibility index (Phi) is 4.30. The van der Waals surface area contributed by atoms with Crippen molar-refractivity contribution in [2.24, 2.45) is 0 Å². The zero-order valence-corrected chi connectivity index (χ0v) is 10.9. The number of hydrogen-bond acceptors (Lipinski definition) is 3. The molecule has 0 radical (unpaired) electrons. The van der Waals surface area contributed by atoms with E-state index in [-0.39, 0.29) is 10.6 Å². The van der Waals surface area contributed by atoms with Gasteiger partial charge in [0.25, 0.3) is 5.69 Å². The topological polar surface area (TPSA) is 60.1 Å². The van der Waals surface area contributed by atoms with Gasteiger partial charge in [0.1, 0.15) is 0 Å². The summed E-state index contributed by atoms with van der Waals surface area (Å²) in [5.74, 6) is 0. The van der Waals surface area contributed by atoms with Crippen LogP contribution in [0.2, 0.25) is 0 Å². The van der Waals surface area contributed by atoms with Crippen molar-refractivity contribution in [3.8, 4) is 0 Å². The van der Waals surface area contributed by atoms with E-state index in [1.807, 2.05) is 29.0 Å². The molecule has 5 heteroatoms. The zero-order valence-electron chi connectivity index (χ0n) is 10.9. The number of hydrogen-bond donors (Lipinski definition) is 1. The van der Waals surface area contributed by atoms with Gasteiger partial charge in [-0.1, -0.05) is 25.1 Å². The van der Waals surface area contributed by atoms with E-state index in [4.69, 9.17) is 0 Å². The molecule has 0 saturated carbocycles. The Labute approximate surface area is 112 Å². The number of aromatic nitrogens is 1. The van der Waals surface area contributed by atoms with Gasteiger partial charge in [0.05, 0.1) is 11.5 Å². The number of nitrogens with zero attached hydrogens (tertiary/aromatic N) is 2. The van der Waals surface area contributed by atoms with Gasteiger partial charge in [-0.25, -0.2) is 0 Å². The number of rotatable bonds is 6. The predicted molar refractivity (Wildman–Crippen MR) is 74.0 cm³/mol. The fraction of sp³-hybridized carbons (Fsp3) is 0.286. The van der Waals surface area contributed by atoms with Crippen LogP contribution in [0.1, 0.15) is 18.2 Å². The number of nitrogens with one attached hydrogen (secondary N) is 1. The maximum absolute atomic E-state index is 11.0. The monoisotopic (exact) mass is 259 g/mol. The summed E-state index contributed by atoms with van der Waals surface area (Å²) in [6.45, 7) is 4.24. The molecule has 0 aliphatic heterocycles. The first kappa shape index (κ1) is 13.3. The Morgan fingerprint density at radius 3 is 2.79 bits per heavy atom. The third-order valence-corrected chi connectivity index (χ3v) is 3.01. The van der Waals surface area contributed by atoms with Crippen molar-refractivity contribution in [3.05, 3.63) is 64.0 Å². The molecule has 2 rings (SSSR count). The quantitative estimate of drug-likeness (QED) is 0.640. The lowest BCUT2D eigenvalue weighted by Gasteiger charge is -2.10. The molecule has 1 aromatic heterocycles. The first-order valence-corrected chi connectivity index (χ1v) is 6.29. The molecule has 5 nitrogen and oxygen atoms in total. The third-order valence-electron chi connectivity index (χ3n) is 3.01. The van der Waals surface area contributed by atoms with Crippen LogP contribution in [0.4, 0.5) is 5.69 Å². The predicted octanol–water partition coefficient (Wildman–Crippen LogP) is 2.55. The lowest BCUT2D eigenvalue weighted by Crippen LogP contribution is -2.15. The van der Waals surface area contributed by atoms with E-state index in [1.54, 1.807) is 18.2 Å². The third kappa shape index (κ3) is 3.20. The summed E-state index contributed by atoms with van der Waals surface area (Å²) < 4.78 is 2.03. The van der Waals surface area contributed by atoms with Crippen LogP contribution < -0.4 is 5.32 Å². The number of nitro groups is 1. The number of para-hydroxylation sites is 1. The van der Waals surface area contributed by atoms with Gasteiger partial charge in [-0.2, -0.15) is 0 Å². The first-order valence-electron chi connectivity index (χ1n) is 6.29. The second kappa shape index (κ2) is 6.15. The van der Waals surface area contributed by atoms with E-state index in [1.165, 1.54) is 0 Å². The van der Waals surface area contributed by atoms with Crippen molar-refractivity contribution in [2.45, 2.75) is 20.0 Å². The minimum Gasteiger partial charge on any atom is -0.346 e. The van der Waals surface area contributed by atoms with E-state index < -0.39 is 0 Å². The van der Waals surface area contributed by atoms with Gasteiger partial charge in [0.2, 0.25) is 0 Å². The van der Waals surface area contributed by atoms with Crippen LogP contribution in [0.5, 0.6) is 0 Å². The molecule has 1 N–H and O–H groups in total. The largest absolute Gasteiger partial charge is 0.346 e. The van der Waals surface area contributed by atoms with Crippen molar-refractivity contribution in [3.63, 3.8) is 0 Å². The van der Waals surface area contributed by atoms with Crippen LogP contribution >= 0.6 is 0 Å². The van der Waals surface area contributed by atoms with E-state index in [0.717, 1.165) is 24.3 Å². The number of nitro benzene ring substituents is 1. The van der Waals surface area contributed by atoms with E-state index in [2.05, 4.69) is 12.2 Å². The molecule has 0 bridgehead atoms. The summed E-state index contributed by atoms with van der Waals surface area (Å²) in [7, 11) is 0. The molecule has 0 amide bonds. The maximum Gasteiger partial charge on any atom is 0.274 e. The van der Waals surface area contributed by atoms with E-state index in [9.17, 15) is 10.1 Å². The molecule has 0 atom stereocenters. The Balaban J connectivity index is 2.22. The molecular formula is C14H17N3O2. The van der Waals surface area contributed by atoms with Crippen LogP contribution in [-0.4, -0.2) is 16.0 Å². The van der Waals surface area contributed by atoms with Crippen LogP contribution in [0.25, 0.3) is 0 Å². The second-order valence-corrected chi connectivity index (χ2v) is 4.29. The Morgan fingerprint density at radius 2 is 2.05 bits per heavy atom. The van der Waals surface area contributed by atoms with Crippen molar-refractivity contribution in [1.29, 1.82) is 0 Å². The van der Waals surface area contributed by atoms with Gasteiger partial charge in [-0.3, -0.25) is 10.1 Å². The normalized spacial score (nSPS) is 10.6. The average molecular weight is 259 g/mol. The minimum atomic E-state index is -0.331. The molecule has 19 heavy (non-hydrogen) atoms. The molecule has 100 valence electrons. The maximum atomic E-state index is 11.0. The molecule has 2 aromatic rings. The van der Waals surface area contributed by atoms with E-state index in [0.29, 0.717) is 6.54 Å². The van der Waals surface area contributed by atoms with Gasteiger partial charge in [0.15, 0.2) is 0 Å². The van der Waals surface area contributed by atoms with Crippen LogP contribution in [0.3, 0.4) is 0 Å². The van der Waals surface area contributed by atoms with Crippen molar-refractivity contribution < 1.29 is 4.92 Å². The highest BCUT2D eigenvalue weighted by Gasteiger charge is 2.13. The zero-order chi connectivity index (χ0) is 13.7. The minimum absolute atomic E-state index is 0.172. The van der Waals surface area contributed by atoms with Gasteiger partial charge >= 0.3 is 0 Å². The highest BCUT2D eigenvalue weighted by Crippen LogP contribution is 2.19. The van der Waals surface area contributed by atoms with Crippen molar-refractivity contribution in [1.82, 2.24) is 9.88 Å². The summed E-state index contributed by atoms with van der Waals surface area (Å²) in [5, 5.41) is 14.3. The van der Waals surface area contributed by atoms with Gasteiger partial charge in [-0.15, -0.1) is 0 Å². The smallest absolute Gasteiger partial charge is 0.274 e. The second-order valence-electron chi connectivity index (χ2n) is 4.29. The molecule has 0 spiro atoms. The highest BCUT2D eigenvalue weighted by atomic mass is 16.6. The summed E-state index contributed by atoms with van der Waals surface area (Å²) >= 11 is 0. The molecule has 0 saturated heterocycles. The van der Waals surface area contributed by atoms with Crippen LogP contribution in [0.15, 0.2) is 42.6 Å². The molecular weight excluding hydrogens is 242 g/mol. The molecule has 1 aromatic carbocycles. The van der Waals surface area contributed by atoms with Gasteiger partial charge < -0.3 is 9.88 Å². The van der Waals surface area contributed by atoms with Gasteiger partial charge in [-0.05, 0) is 18.7 Å². The fourth-order valence-corrected chi connectivity index (χ4v) is 2.02. The van der Waals surface area contributed by atoms with Crippen molar-refractivity contribution in [2.75, 3.05) is 6.54 Å². The van der Waals surface area contributed by atoms with Gasteiger partial charge in [0, 0.05) is 30.1 Å².